The Labute approximate surface area is 53.9 Å². The number of primary amides is 1. The van der Waals surface area contributed by atoms with Crippen LogP contribution < -0.4 is 5.73 Å². The lowest BCUT2D eigenvalue weighted by molar-refractivity contribution is 0.219. The average Bonchev–Trinajstić information content (AvgIpc) is 1.82. The van der Waals surface area contributed by atoms with Gasteiger partial charge in [-0.05, 0) is 0 Å². The fourth-order valence-electron chi connectivity index (χ4n) is 0.328. The maximum absolute atomic E-state index is 10.2. The summed E-state index contributed by atoms with van der Waals surface area (Å²) in [5.41, 5.74) is 4.85. The second-order valence-corrected chi connectivity index (χ2v) is 1.67. The molecule has 0 spiro atoms. The molecule has 2 N–H and O–H groups in total. The van der Waals surface area contributed by atoms with Crippen LogP contribution in [0.15, 0.2) is 0 Å². The summed E-state index contributed by atoms with van der Waals surface area (Å²) in [6, 6.07) is 1.41. The Morgan fingerprint density at radius 1 is 1.89 bits per heavy atom. The summed E-state index contributed by atoms with van der Waals surface area (Å²) in [6.45, 7) is 0.409. The maximum Gasteiger partial charge on any atom is 0.314 e. The minimum atomic E-state index is -0.495. The second-order valence-electron chi connectivity index (χ2n) is 1.67. The predicted octanol–water partition coefficient (Wildman–Crippen LogP) is -0.0894. The number of nitriles is 1. The molecule has 0 saturated carbocycles. The molecule has 0 aliphatic heterocycles. The van der Waals surface area contributed by atoms with Crippen LogP contribution in [-0.4, -0.2) is 24.5 Å². The van der Waals surface area contributed by atoms with Crippen LogP contribution >= 0.6 is 0 Å². The second kappa shape index (κ2) is 3.72. The first-order valence-electron chi connectivity index (χ1n) is 2.56. The van der Waals surface area contributed by atoms with Crippen molar-refractivity contribution < 1.29 is 4.79 Å². The highest BCUT2D eigenvalue weighted by molar-refractivity contribution is 5.71. The monoisotopic (exact) mass is 127 g/mol. The summed E-state index contributed by atoms with van der Waals surface area (Å²) in [5.74, 6) is 0. The van der Waals surface area contributed by atoms with Crippen molar-refractivity contribution in [3.63, 3.8) is 0 Å². The van der Waals surface area contributed by atoms with Gasteiger partial charge in [-0.25, -0.2) is 4.79 Å². The van der Waals surface area contributed by atoms with Crippen LogP contribution in [-0.2, 0) is 0 Å². The number of nitrogens with zero attached hydrogens (tertiary/aromatic N) is 2. The van der Waals surface area contributed by atoms with E-state index in [9.17, 15) is 4.79 Å². The summed E-state index contributed by atoms with van der Waals surface area (Å²) >= 11 is 0. The molecule has 0 heterocycles. The van der Waals surface area contributed by atoms with Crippen LogP contribution in [0.3, 0.4) is 0 Å². The number of urea groups is 1. The minimum Gasteiger partial charge on any atom is -0.351 e. The Morgan fingerprint density at radius 2 is 2.44 bits per heavy atom. The molecule has 0 rings (SSSR count). The molecule has 4 heteroatoms. The molecule has 0 aromatic rings. The zero-order valence-corrected chi connectivity index (χ0v) is 5.29. The standard InChI is InChI=1S/C5H9N3O/c1-8(5(7)9)4-2-3-6/h2,4H2,1H3,(H2,7,9). The molecule has 0 bridgehead atoms. The molecule has 0 aromatic carbocycles. The van der Waals surface area contributed by atoms with E-state index in [0.29, 0.717) is 13.0 Å². The van der Waals surface area contributed by atoms with Crippen LogP contribution in [0.4, 0.5) is 4.79 Å². The van der Waals surface area contributed by atoms with Gasteiger partial charge in [0.1, 0.15) is 0 Å². The molecule has 0 aliphatic carbocycles. The van der Waals surface area contributed by atoms with Gasteiger partial charge in [0, 0.05) is 13.6 Å². The fraction of sp³-hybridized carbons (Fsp3) is 0.600. The van der Waals surface area contributed by atoms with Crippen molar-refractivity contribution in [2.75, 3.05) is 13.6 Å². The number of rotatable bonds is 2. The van der Waals surface area contributed by atoms with Crippen molar-refractivity contribution in [3.8, 4) is 6.07 Å². The molecule has 9 heavy (non-hydrogen) atoms. The Kier molecular flexibility index (Phi) is 3.21. The molecule has 0 aromatic heterocycles. The third-order valence-corrected chi connectivity index (χ3v) is 0.935. The number of hydrogen-bond donors (Lipinski definition) is 1. The van der Waals surface area contributed by atoms with E-state index in [4.69, 9.17) is 11.0 Å². The van der Waals surface area contributed by atoms with E-state index in [0.717, 1.165) is 0 Å². The fourth-order valence-corrected chi connectivity index (χ4v) is 0.328. The molecule has 0 atom stereocenters. The summed E-state index contributed by atoms with van der Waals surface area (Å²) in [6.07, 6.45) is 0.333. The number of amides is 2. The molecule has 0 saturated heterocycles. The van der Waals surface area contributed by atoms with Gasteiger partial charge in [0.2, 0.25) is 0 Å². The molecule has 0 fully saturated rings. The first-order valence-corrected chi connectivity index (χ1v) is 2.56. The van der Waals surface area contributed by atoms with E-state index in [1.165, 1.54) is 4.90 Å². The third kappa shape index (κ3) is 3.35. The van der Waals surface area contributed by atoms with Crippen molar-refractivity contribution >= 4 is 6.03 Å². The summed E-state index contributed by atoms with van der Waals surface area (Å²) in [7, 11) is 1.56. The Hall–Kier alpha value is -1.24. The van der Waals surface area contributed by atoms with E-state index in [2.05, 4.69) is 0 Å². The summed E-state index contributed by atoms with van der Waals surface area (Å²) in [5, 5.41) is 8.07. The first-order chi connectivity index (χ1) is 4.18. The van der Waals surface area contributed by atoms with E-state index in [-0.39, 0.29) is 0 Å². The van der Waals surface area contributed by atoms with Crippen molar-refractivity contribution in [3.05, 3.63) is 0 Å². The first kappa shape index (κ1) is 7.76. The minimum absolute atomic E-state index is 0.333. The van der Waals surface area contributed by atoms with Gasteiger partial charge in [0.05, 0.1) is 12.5 Å². The molecular formula is C5H9N3O. The molecule has 0 aliphatic rings. The number of carbonyl (C=O) groups is 1. The Bertz CT molecular complexity index is 138. The lowest BCUT2D eigenvalue weighted by atomic mass is 10.4. The SMILES string of the molecule is CN(CCC#N)C(N)=O. The smallest absolute Gasteiger partial charge is 0.314 e. The van der Waals surface area contributed by atoms with E-state index >= 15 is 0 Å². The topological polar surface area (TPSA) is 70.1 Å². The van der Waals surface area contributed by atoms with E-state index < -0.39 is 6.03 Å². The van der Waals surface area contributed by atoms with Crippen molar-refractivity contribution in [2.24, 2.45) is 5.73 Å². The third-order valence-electron chi connectivity index (χ3n) is 0.935. The lowest BCUT2D eigenvalue weighted by Crippen LogP contribution is -2.32. The Morgan fingerprint density at radius 3 is 2.78 bits per heavy atom. The van der Waals surface area contributed by atoms with Crippen LogP contribution in [0.1, 0.15) is 6.42 Å². The maximum atomic E-state index is 10.2. The van der Waals surface area contributed by atoms with Gasteiger partial charge in [-0.1, -0.05) is 0 Å². The normalized spacial score (nSPS) is 8.00. The van der Waals surface area contributed by atoms with Crippen molar-refractivity contribution in [1.82, 2.24) is 4.90 Å². The van der Waals surface area contributed by atoms with Crippen LogP contribution in [0.5, 0.6) is 0 Å². The van der Waals surface area contributed by atoms with Gasteiger partial charge >= 0.3 is 6.03 Å². The number of hydrogen-bond acceptors (Lipinski definition) is 2. The molecule has 4 nitrogen and oxygen atoms in total. The van der Waals surface area contributed by atoms with Crippen LogP contribution in [0.2, 0.25) is 0 Å². The van der Waals surface area contributed by atoms with Crippen molar-refractivity contribution in [2.45, 2.75) is 6.42 Å². The van der Waals surface area contributed by atoms with Gasteiger partial charge in [-0.15, -0.1) is 0 Å². The van der Waals surface area contributed by atoms with Crippen molar-refractivity contribution in [1.29, 1.82) is 5.26 Å². The molecular weight excluding hydrogens is 118 g/mol. The highest BCUT2D eigenvalue weighted by Gasteiger charge is 1.99. The zero-order chi connectivity index (χ0) is 7.28. The van der Waals surface area contributed by atoms with Gasteiger partial charge in [-0.3, -0.25) is 0 Å². The van der Waals surface area contributed by atoms with E-state index in [1.807, 2.05) is 6.07 Å². The predicted molar refractivity (Wildman–Crippen MR) is 32.4 cm³/mol. The van der Waals surface area contributed by atoms with Crippen LogP contribution in [0.25, 0.3) is 0 Å². The summed E-state index contributed by atoms with van der Waals surface area (Å²) in [4.78, 5) is 11.5. The van der Waals surface area contributed by atoms with Gasteiger partial charge in [-0.2, -0.15) is 5.26 Å². The average molecular weight is 127 g/mol. The van der Waals surface area contributed by atoms with Gasteiger partial charge < -0.3 is 10.6 Å². The zero-order valence-electron chi connectivity index (χ0n) is 5.29. The summed E-state index contributed by atoms with van der Waals surface area (Å²) < 4.78 is 0. The largest absolute Gasteiger partial charge is 0.351 e. The van der Waals surface area contributed by atoms with E-state index in [1.54, 1.807) is 7.05 Å². The van der Waals surface area contributed by atoms with Gasteiger partial charge in [0.25, 0.3) is 0 Å². The highest BCUT2D eigenvalue weighted by Crippen LogP contribution is 1.83. The molecule has 50 valence electrons. The lowest BCUT2D eigenvalue weighted by Gasteiger charge is -2.10. The molecule has 2 amide bonds. The number of nitrogens with two attached hydrogens (primary N) is 1. The highest BCUT2D eigenvalue weighted by atomic mass is 16.2. The van der Waals surface area contributed by atoms with Gasteiger partial charge in [0.15, 0.2) is 0 Å². The molecule has 0 radical (unpaired) electrons. The quantitative estimate of drug-likeness (QED) is 0.563. The molecule has 0 unspecified atom stereocenters. The number of carbonyl (C=O) groups excluding carboxylic acids is 1. The Balaban J connectivity index is 3.41. The van der Waals surface area contributed by atoms with Crippen LogP contribution in [0, 0.1) is 11.3 Å².